The third kappa shape index (κ3) is 4.39. The van der Waals surface area contributed by atoms with E-state index in [9.17, 15) is 13.2 Å². The Labute approximate surface area is 187 Å². The smallest absolute Gasteiger partial charge is 0.412 e. The van der Waals surface area contributed by atoms with Crippen LogP contribution in [0.3, 0.4) is 0 Å². The second-order valence-corrected chi connectivity index (χ2v) is 10.7. The molecule has 0 radical (unpaired) electrons. The number of fused-ring (bicyclic) bond motifs is 2. The summed E-state index contributed by atoms with van der Waals surface area (Å²) in [6, 6.07) is 8.01. The van der Waals surface area contributed by atoms with Gasteiger partial charge in [-0.25, -0.2) is 9.78 Å². The zero-order valence-electron chi connectivity index (χ0n) is 17.9. The van der Waals surface area contributed by atoms with Gasteiger partial charge in [-0.05, 0) is 62.1 Å². The number of ether oxygens (including phenoxy) is 1. The van der Waals surface area contributed by atoms with E-state index < -0.39 is 16.3 Å². The number of anilines is 1. The van der Waals surface area contributed by atoms with Gasteiger partial charge in [-0.3, -0.25) is 5.32 Å². The van der Waals surface area contributed by atoms with Crippen LogP contribution in [0.15, 0.2) is 41.3 Å². The number of carbonyl (C=O) groups excluding carboxylic acids is 1. The summed E-state index contributed by atoms with van der Waals surface area (Å²) in [6.45, 7) is 1.35. The lowest BCUT2D eigenvalue weighted by molar-refractivity contribution is 0.146. The number of oxazole rings is 1. The number of hydrogen-bond acceptors (Lipinski definition) is 6. The third-order valence-corrected chi connectivity index (χ3v) is 8.87. The molecule has 172 valence electrons. The van der Waals surface area contributed by atoms with E-state index in [1.54, 1.807) is 4.31 Å². The predicted molar refractivity (Wildman–Crippen MR) is 117 cm³/mol. The molecule has 32 heavy (non-hydrogen) atoms. The maximum atomic E-state index is 12.9. The molecule has 4 heterocycles. The highest BCUT2D eigenvalue weighted by Gasteiger charge is 2.49. The number of carbonyl (C=O) groups is 1. The number of benzene rings is 1. The van der Waals surface area contributed by atoms with Crippen molar-refractivity contribution in [1.82, 2.24) is 13.6 Å². The van der Waals surface area contributed by atoms with E-state index in [2.05, 4.69) is 10.3 Å². The van der Waals surface area contributed by atoms with Gasteiger partial charge in [0.05, 0.1) is 6.20 Å². The van der Waals surface area contributed by atoms with E-state index in [1.807, 2.05) is 28.6 Å². The minimum Gasteiger partial charge on any atom is -0.445 e. The molecule has 3 fully saturated rings. The average Bonchev–Trinajstić information content (AvgIpc) is 3.33. The fourth-order valence-corrected chi connectivity index (χ4v) is 7.23. The molecular weight excluding hydrogens is 432 g/mol. The minimum atomic E-state index is -3.29. The minimum absolute atomic E-state index is 0.0262. The first kappa shape index (κ1) is 21.4. The molecule has 1 amide bonds. The second kappa shape index (κ2) is 8.84. The van der Waals surface area contributed by atoms with Crippen molar-refractivity contribution in [3.63, 3.8) is 0 Å². The third-order valence-electron chi connectivity index (χ3n) is 6.73. The molecule has 3 saturated heterocycles. The summed E-state index contributed by atoms with van der Waals surface area (Å²) in [5, 5.41) is 2.70. The van der Waals surface area contributed by atoms with E-state index in [0.717, 1.165) is 38.5 Å². The van der Waals surface area contributed by atoms with Crippen LogP contribution in [0.4, 0.5) is 10.5 Å². The Balaban J connectivity index is 1.13. The number of piperidine rings is 1. The molecular formula is C22H28N4O5S. The first-order valence-electron chi connectivity index (χ1n) is 11.2. The predicted octanol–water partition coefficient (Wildman–Crippen LogP) is 3.16. The Morgan fingerprint density at radius 3 is 2.47 bits per heavy atom. The highest BCUT2D eigenvalue weighted by molar-refractivity contribution is 7.86. The van der Waals surface area contributed by atoms with Crippen LogP contribution in [-0.4, -0.2) is 53.3 Å². The molecule has 1 aromatic heterocycles. The molecule has 0 saturated carbocycles. The first-order valence-corrected chi connectivity index (χ1v) is 12.6. The van der Waals surface area contributed by atoms with Gasteiger partial charge in [-0.2, -0.15) is 17.0 Å². The van der Waals surface area contributed by atoms with Gasteiger partial charge >= 0.3 is 6.09 Å². The fourth-order valence-electron chi connectivity index (χ4n) is 5.10. The summed E-state index contributed by atoms with van der Waals surface area (Å²) in [5.74, 6) is 0.953. The van der Waals surface area contributed by atoms with E-state index >= 15 is 0 Å². The normalized spacial score (nSPS) is 25.9. The first-order chi connectivity index (χ1) is 15.5. The standard InChI is InChI=1S/C22H28N4O5S/c27-22(30-14-21-13-23-15-31-21)24-18-4-2-16(3-5-18)10-17-11-19-6-7-20(12-17)26(19)32(28,29)25-8-1-9-25/h2-5,13,15,17,19-20H,1,6-12,14H2,(H,24,27). The van der Waals surface area contributed by atoms with Crippen LogP contribution >= 0.6 is 0 Å². The molecule has 2 atom stereocenters. The number of hydrogen-bond donors (Lipinski definition) is 1. The van der Waals surface area contributed by atoms with Gasteiger partial charge in [0.1, 0.15) is 0 Å². The van der Waals surface area contributed by atoms with Crippen molar-refractivity contribution in [2.24, 2.45) is 5.92 Å². The van der Waals surface area contributed by atoms with Crippen molar-refractivity contribution >= 4 is 22.0 Å². The Morgan fingerprint density at radius 1 is 1.16 bits per heavy atom. The fraction of sp³-hybridized carbons (Fsp3) is 0.545. The van der Waals surface area contributed by atoms with Gasteiger partial charge in [-0.15, -0.1) is 0 Å². The summed E-state index contributed by atoms with van der Waals surface area (Å²) < 4.78 is 39.4. The molecule has 3 aliphatic rings. The molecule has 1 aromatic carbocycles. The molecule has 0 spiro atoms. The number of nitrogens with zero attached hydrogens (tertiary/aromatic N) is 3. The van der Waals surface area contributed by atoms with Crippen LogP contribution in [0.2, 0.25) is 0 Å². The van der Waals surface area contributed by atoms with Crippen LogP contribution in [0.5, 0.6) is 0 Å². The lowest BCUT2D eigenvalue weighted by Gasteiger charge is -2.42. The number of amides is 1. The van der Waals surface area contributed by atoms with E-state index in [0.29, 0.717) is 30.5 Å². The number of nitrogens with one attached hydrogen (secondary N) is 1. The lowest BCUT2D eigenvalue weighted by Crippen LogP contribution is -2.55. The van der Waals surface area contributed by atoms with Crippen molar-refractivity contribution in [2.45, 2.75) is 57.2 Å². The van der Waals surface area contributed by atoms with Crippen molar-refractivity contribution in [3.8, 4) is 0 Å². The largest absolute Gasteiger partial charge is 0.445 e. The van der Waals surface area contributed by atoms with Gasteiger partial charge in [0, 0.05) is 30.9 Å². The van der Waals surface area contributed by atoms with Gasteiger partial charge in [0.2, 0.25) is 0 Å². The molecule has 2 unspecified atom stereocenters. The van der Waals surface area contributed by atoms with Crippen LogP contribution < -0.4 is 5.32 Å². The monoisotopic (exact) mass is 460 g/mol. The van der Waals surface area contributed by atoms with Crippen molar-refractivity contribution in [3.05, 3.63) is 48.2 Å². The van der Waals surface area contributed by atoms with E-state index in [-0.39, 0.29) is 18.7 Å². The topological polar surface area (TPSA) is 105 Å². The average molecular weight is 461 g/mol. The van der Waals surface area contributed by atoms with Crippen molar-refractivity contribution in [1.29, 1.82) is 0 Å². The molecule has 0 aliphatic carbocycles. The number of rotatable bonds is 7. The molecule has 3 aliphatic heterocycles. The number of aromatic nitrogens is 1. The maximum Gasteiger partial charge on any atom is 0.412 e. The van der Waals surface area contributed by atoms with Crippen LogP contribution in [0.25, 0.3) is 0 Å². The molecule has 10 heteroatoms. The lowest BCUT2D eigenvalue weighted by atomic mass is 9.87. The van der Waals surface area contributed by atoms with Gasteiger partial charge < -0.3 is 9.15 Å². The molecule has 2 aromatic rings. The molecule has 5 rings (SSSR count). The Kier molecular flexibility index (Phi) is 5.92. The second-order valence-electron chi connectivity index (χ2n) is 8.88. The summed E-state index contributed by atoms with van der Waals surface area (Å²) in [5.41, 5.74) is 1.85. The van der Waals surface area contributed by atoms with Crippen LogP contribution in [0, 0.1) is 5.92 Å². The molecule has 2 bridgehead atoms. The molecule has 1 N–H and O–H groups in total. The summed E-state index contributed by atoms with van der Waals surface area (Å²) in [6.07, 6.45) is 7.88. The van der Waals surface area contributed by atoms with Gasteiger partial charge in [-0.1, -0.05) is 12.1 Å². The van der Waals surface area contributed by atoms with Crippen LogP contribution in [0.1, 0.15) is 43.4 Å². The van der Waals surface area contributed by atoms with Gasteiger partial charge in [0.15, 0.2) is 18.8 Å². The zero-order chi connectivity index (χ0) is 22.1. The highest BCUT2D eigenvalue weighted by Crippen LogP contribution is 2.42. The van der Waals surface area contributed by atoms with Crippen molar-refractivity contribution < 1.29 is 22.4 Å². The molecule has 9 nitrogen and oxygen atoms in total. The zero-order valence-corrected chi connectivity index (χ0v) is 18.7. The highest BCUT2D eigenvalue weighted by atomic mass is 32.2. The SMILES string of the molecule is O=C(Nc1ccc(CC2CC3CCC(C2)N3S(=O)(=O)N2CCC2)cc1)OCc1cnco1. The van der Waals surface area contributed by atoms with E-state index in [4.69, 9.17) is 9.15 Å². The Bertz CT molecular complexity index is 1020. The summed E-state index contributed by atoms with van der Waals surface area (Å²) >= 11 is 0. The Hall–Kier alpha value is -2.43. The summed E-state index contributed by atoms with van der Waals surface area (Å²) in [4.78, 5) is 15.7. The van der Waals surface area contributed by atoms with Crippen molar-refractivity contribution in [2.75, 3.05) is 18.4 Å². The van der Waals surface area contributed by atoms with Crippen LogP contribution in [-0.2, 0) is 28.0 Å². The van der Waals surface area contributed by atoms with E-state index in [1.165, 1.54) is 18.2 Å². The Morgan fingerprint density at radius 2 is 1.88 bits per heavy atom. The quantitative estimate of drug-likeness (QED) is 0.681. The summed E-state index contributed by atoms with van der Waals surface area (Å²) in [7, 11) is -3.29. The maximum absolute atomic E-state index is 12.9. The van der Waals surface area contributed by atoms with Gasteiger partial charge in [0.25, 0.3) is 10.2 Å².